The van der Waals surface area contributed by atoms with E-state index < -0.39 is 17.5 Å². The van der Waals surface area contributed by atoms with Crippen molar-refractivity contribution in [3.63, 3.8) is 0 Å². The van der Waals surface area contributed by atoms with Crippen LogP contribution >= 0.6 is 0 Å². The second-order valence-corrected chi connectivity index (χ2v) is 4.54. The zero-order valence-corrected chi connectivity index (χ0v) is 11.8. The molecular formula is C13H15NO8. The SMILES string of the molecule is COc1cc(COCC2CO2)c([N+](=O)[O-])cc1OCC(=O)O. The number of carboxylic acids is 1. The molecule has 0 saturated carbocycles. The van der Waals surface area contributed by atoms with Crippen molar-refractivity contribution in [2.75, 3.05) is 26.9 Å². The van der Waals surface area contributed by atoms with Crippen molar-refractivity contribution in [1.29, 1.82) is 0 Å². The lowest BCUT2D eigenvalue weighted by atomic mass is 10.1. The Morgan fingerprint density at radius 1 is 1.50 bits per heavy atom. The third-order valence-electron chi connectivity index (χ3n) is 2.88. The third kappa shape index (κ3) is 4.30. The van der Waals surface area contributed by atoms with Crippen LogP contribution in [0.2, 0.25) is 0 Å². The zero-order chi connectivity index (χ0) is 16.1. The molecule has 1 aromatic rings. The molecule has 1 N–H and O–H groups in total. The number of carboxylic acid groups (broad SMARTS) is 1. The van der Waals surface area contributed by atoms with Crippen LogP contribution in [0.25, 0.3) is 0 Å². The zero-order valence-electron chi connectivity index (χ0n) is 11.8. The summed E-state index contributed by atoms with van der Waals surface area (Å²) in [5.41, 5.74) is 0.0862. The van der Waals surface area contributed by atoms with E-state index in [-0.39, 0.29) is 29.9 Å². The van der Waals surface area contributed by atoms with Crippen molar-refractivity contribution < 1.29 is 33.8 Å². The fourth-order valence-corrected chi connectivity index (χ4v) is 1.75. The van der Waals surface area contributed by atoms with Gasteiger partial charge in [-0.25, -0.2) is 4.79 Å². The van der Waals surface area contributed by atoms with Crippen LogP contribution in [0.15, 0.2) is 12.1 Å². The number of hydrogen-bond acceptors (Lipinski definition) is 7. The first-order valence-electron chi connectivity index (χ1n) is 6.40. The van der Waals surface area contributed by atoms with E-state index in [1.807, 2.05) is 0 Å². The Balaban J connectivity index is 2.18. The minimum atomic E-state index is -1.19. The van der Waals surface area contributed by atoms with Gasteiger partial charge in [0.25, 0.3) is 5.69 Å². The van der Waals surface area contributed by atoms with Crippen LogP contribution in [-0.2, 0) is 20.9 Å². The number of aliphatic carboxylic acids is 1. The Hall–Kier alpha value is -2.39. The molecule has 0 bridgehead atoms. The number of carbonyl (C=O) groups is 1. The largest absolute Gasteiger partial charge is 0.493 e. The molecule has 0 spiro atoms. The quantitative estimate of drug-likeness (QED) is 0.407. The third-order valence-corrected chi connectivity index (χ3v) is 2.88. The van der Waals surface area contributed by atoms with Crippen LogP contribution in [0.3, 0.4) is 0 Å². The predicted octanol–water partition coefficient (Wildman–Crippen LogP) is 0.982. The number of nitro benzene ring substituents is 1. The van der Waals surface area contributed by atoms with Gasteiger partial charge in [-0.3, -0.25) is 10.1 Å². The second kappa shape index (κ2) is 7.05. The summed E-state index contributed by atoms with van der Waals surface area (Å²) in [6.45, 7) is 0.387. The van der Waals surface area contributed by atoms with Crippen molar-refractivity contribution >= 4 is 11.7 Å². The second-order valence-electron chi connectivity index (χ2n) is 4.54. The minimum absolute atomic E-state index is 0.00845. The van der Waals surface area contributed by atoms with Gasteiger partial charge >= 0.3 is 5.97 Å². The van der Waals surface area contributed by atoms with E-state index in [1.54, 1.807) is 0 Å². The number of hydrogen-bond donors (Lipinski definition) is 1. The first kappa shape index (κ1) is 16.0. The van der Waals surface area contributed by atoms with Gasteiger partial charge in [-0.1, -0.05) is 0 Å². The number of rotatable bonds is 9. The van der Waals surface area contributed by atoms with Crippen LogP contribution < -0.4 is 9.47 Å². The molecule has 120 valence electrons. The molecule has 1 aliphatic rings. The summed E-state index contributed by atoms with van der Waals surface area (Å²) < 4.78 is 20.4. The Morgan fingerprint density at radius 3 is 2.77 bits per heavy atom. The first-order valence-corrected chi connectivity index (χ1v) is 6.40. The summed E-state index contributed by atoms with van der Waals surface area (Å²) in [7, 11) is 1.36. The Morgan fingerprint density at radius 2 is 2.23 bits per heavy atom. The monoisotopic (exact) mass is 313 g/mol. The topological polar surface area (TPSA) is 121 Å². The average Bonchev–Trinajstić information content (AvgIpc) is 3.29. The first-order chi connectivity index (χ1) is 10.5. The maximum atomic E-state index is 11.1. The minimum Gasteiger partial charge on any atom is -0.493 e. The van der Waals surface area contributed by atoms with Crippen molar-refractivity contribution in [3.8, 4) is 11.5 Å². The van der Waals surface area contributed by atoms with Crippen molar-refractivity contribution in [2.24, 2.45) is 0 Å². The molecule has 1 saturated heterocycles. The highest BCUT2D eigenvalue weighted by molar-refractivity contribution is 5.69. The molecule has 1 fully saturated rings. The molecule has 1 aliphatic heterocycles. The standard InChI is InChI=1S/C13H15NO8/c1-19-11-2-8(4-20-5-9-6-21-9)10(14(17)18)3-12(11)22-7-13(15)16/h2-3,9H,4-7H2,1H3,(H,15,16). The van der Waals surface area contributed by atoms with Crippen molar-refractivity contribution in [1.82, 2.24) is 0 Å². The Labute approximate surface area is 125 Å². The van der Waals surface area contributed by atoms with E-state index in [1.165, 1.54) is 13.2 Å². The van der Waals surface area contributed by atoms with Gasteiger partial charge in [-0.2, -0.15) is 0 Å². The van der Waals surface area contributed by atoms with Crippen LogP contribution in [-0.4, -0.2) is 49.0 Å². The normalized spacial score (nSPS) is 16.1. The lowest BCUT2D eigenvalue weighted by molar-refractivity contribution is -0.386. The number of ether oxygens (including phenoxy) is 4. The van der Waals surface area contributed by atoms with E-state index in [2.05, 4.69) is 0 Å². The summed E-state index contributed by atoms with van der Waals surface area (Å²) in [6.07, 6.45) is 0.0547. The summed E-state index contributed by atoms with van der Waals surface area (Å²) in [5.74, 6) is -0.999. The molecule has 1 aromatic carbocycles. The highest BCUT2D eigenvalue weighted by Gasteiger charge is 2.24. The maximum absolute atomic E-state index is 11.1. The molecule has 1 heterocycles. The fraction of sp³-hybridized carbons (Fsp3) is 0.462. The Kier molecular flexibility index (Phi) is 5.12. The van der Waals surface area contributed by atoms with Gasteiger partial charge in [0.05, 0.1) is 43.5 Å². The van der Waals surface area contributed by atoms with Gasteiger partial charge < -0.3 is 24.1 Å². The van der Waals surface area contributed by atoms with Crippen molar-refractivity contribution in [2.45, 2.75) is 12.7 Å². The molecule has 0 amide bonds. The molecule has 0 radical (unpaired) electrons. The van der Waals surface area contributed by atoms with E-state index in [0.717, 1.165) is 6.07 Å². The number of benzene rings is 1. The molecule has 9 heteroatoms. The smallest absolute Gasteiger partial charge is 0.341 e. The Bertz CT molecular complexity index is 569. The molecule has 1 unspecified atom stereocenters. The highest BCUT2D eigenvalue weighted by atomic mass is 16.6. The number of nitro groups is 1. The fourth-order valence-electron chi connectivity index (χ4n) is 1.75. The maximum Gasteiger partial charge on any atom is 0.341 e. The number of nitrogens with zero attached hydrogens (tertiary/aromatic N) is 1. The molecule has 22 heavy (non-hydrogen) atoms. The summed E-state index contributed by atoms with van der Waals surface area (Å²) >= 11 is 0. The van der Waals surface area contributed by atoms with Crippen LogP contribution in [0.1, 0.15) is 5.56 Å². The van der Waals surface area contributed by atoms with Crippen LogP contribution in [0.5, 0.6) is 11.5 Å². The number of methoxy groups -OCH3 is 1. The summed E-state index contributed by atoms with van der Waals surface area (Å²) in [4.78, 5) is 21.1. The summed E-state index contributed by atoms with van der Waals surface area (Å²) in [5, 5.41) is 19.7. The lowest BCUT2D eigenvalue weighted by Gasteiger charge is -2.12. The molecular weight excluding hydrogens is 298 g/mol. The van der Waals surface area contributed by atoms with E-state index >= 15 is 0 Å². The molecule has 2 rings (SSSR count). The molecule has 0 aliphatic carbocycles. The highest BCUT2D eigenvalue weighted by Crippen LogP contribution is 2.35. The van der Waals surface area contributed by atoms with Gasteiger partial charge in [0.1, 0.15) is 6.10 Å². The number of epoxide rings is 1. The predicted molar refractivity (Wildman–Crippen MR) is 72.2 cm³/mol. The van der Waals surface area contributed by atoms with Gasteiger partial charge in [0, 0.05) is 0 Å². The molecule has 0 aromatic heterocycles. The lowest BCUT2D eigenvalue weighted by Crippen LogP contribution is -2.11. The van der Waals surface area contributed by atoms with Crippen LogP contribution in [0, 0.1) is 10.1 Å². The van der Waals surface area contributed by atoms with Crippen LogP contribution in [0.4, 0.5) is 5.69 Å². The van der Waals surface area contributed by atoms with E-state index in [0.29, 0.717) is 18.8 Å². The average molecular weight is 313 g/mol. The van der Waals surface area contributed by atoms with E-state index in [4.69, 9.17) is 24.1 Å². The van der Waals surface area contributed by atoms with Crippen molar-refractivity contribution in [3.05, 3.63) is 27.8 Å². The molecule has 1 atom stereocenters. The van der Waals surface area contributed by atoms with Gasteiger partial charge in [0.2, 0.25) is 0 Å². The van der Waals surface area contributed by atoms with Gasteiger partial charge in [-0.05, 0) is 6.07 Å². The van der Waals surface area contributed by atoms with E-state index in [9.17, 15) is 14.9 Å². The van der Waals surface area contributed by atoms with Gasteiger partial charge in [-0.15, -0.1) is 0 Å². The molecule has 9 nitrogen and oxygen atoms in total. The summed E-state index contributed by atoms with van der Waals surface area (Å²) in [6, 6.07) is 2.54. The van der Waals surface area contributed by atoms with Gasteiger partial charge in [0.15, 0.2) is 18.1 Å².